The minimum Gasteiger partial charge on any atom is -0.387 e. The van der Waals surface area contributed by atoms with E-state index in [1.54, 1.807) is 0 Å². The van der Waals surface area contributed by atoms with Gasteiger partial charge in [0.25, 0.3) is 0 Å². The largest absolute Gasteiger partial charge is 0.387 e. The highest BCUT2D eigenvalue weighted by Crippen LogP contribution is 2.32. The number of hydrogen-bond donors (Lipinski definition) is 1. The standard InChI is InChI=1S/C15H19N/c1-3-8-15(9-4-1)13-16-12-6-2-5-7-14-10-11-14/h1-6,8-9,12,14,16H,7,10-11,13H2/b5-2-,12-6-. The van der Waals surface area contributed by atoms with Gasteiger partial charge in [-0.2, -0.15) is 0 Å². The molecule has 0 radical (unpaired) electrons. The van der Waals surface area contributed by atoms with Crippen molar-refractivity contribution in [2.45, 2.75) is 25.8 Å². The van der Waals surface area contributed by atoms with Crippen molar-refractivity contribution in [3.8, 4) is 0 Å². The predicted molar refractivity (Wildman–Crippen MR) is 68.9 cm³/mol. The van der Waals surface area contributed by atoms with Gasteiger partial charge in [0.2, 0.25) is 0 Å². The minimum atomic E-state index is 0.897. The summed E-state index contributed by atoms with van der Waals surface area (Å²) in [4.78, 5) is 0. The zero-order chi connectivity index (χ0) is 11.1. The summed E-state index contributed by atoms with van der Waals surface area (Å²) in [5.74, 6) is 0.988. The molecular formula is C15H19N. The molecule has 1 aliphatic carbocycles. The van der Waals surface area contributed by atoms with E-state index in [0.29, 0.717) is 0 Å². The number of nitrogens with one attached hydrogen (secondary N) is 1. The smallest absolute Gasteiger partial charge is 0.0395 e. The van der Waals surface area contributed by atoms with Gasteiger partial charge in [0, 0.05) is 6.54 Å². The Morgan fingerprint density at radius 1 is 1.12 bits per heavy atom. The first-order valence-corrected chi connectivity index (χ1v) is 6.04. The highest BCUT2D eigenvalue weighted by Gasteiger charge is 2.18. The van der Waals surface area contributed by atoms with Crippen LogP contribution >= 0.6 is 0 Å². The third kappa shape index (κ3) is 4.35. The van der Waals surface area contributed by atoms with E-state index >= 15 is 0 Å². The number of benzene rings is 1. The van der Waals surface area contributed by atoms with Crippen LogP contribution in [0.1, 0.15) is 24.8 Å². The van der Waals surface area contributed by atoms with Crippen molar-refractivity contribution in [1.82, 2.24) is 5.32 Å². The molecule has 1 N–H and O–H groups in total. The molecule has 0 heterocycles. The summed E-state index contributed by atoms with van der Waals surface area (Å²) in [7, 11) is 0. The summed E-state index contributed by atoms with van der Waals surface area (Å²) in [6.07, 6.45) is 12.6. The van der Waals surface area contributed by atoms with Crippen LogP contribution in [-0.4, -0.2) is 0 Å². The van der Waals surface area contributed by atoms with E-state index in [1.807, 2.05) is 12.3 Å². The normalized spacial score (nSPS) is 16.0. The van der Waals surface area contributed by atoms with Gasteiger partial charge in [-0.15, -0.1) is 0 Å². The van der Waals surface area contributed by atoms with Gasteiger partial charge in [-0.25, -0.2) is 0 Å². The van der Waals surface area contributed by atoms with Crippen molar-refractivity contribution in [3.63, 3.8) is 0 Å². The van der Waals surface area contributed by atoms with E-state index in [1.165, 1.54) is 24.8 Å². The van der Waals surface area contributed by atoms with Crippen LogP contribution in [0.15, 0.2) is 54.8 Å². The molecule has 0 spiro atoms. The molecule has 84 valence electrons. The van der Waals surface area contributed by atoms with E-state index in [4.69, 9.17) is 0 Å². The van der Waals surface area contributed by atoms with E-state index < -0.39 is 0 Å². The van der Waals surface area contributed by atoms with Crippen molar-refractivity contribution in [2.24, 2.45) is 5.92 Å². The summed E-state index contributed by atoms with van der Waals surface area (Å²) in [5.41, 5.74) is 1.31. The van der Waals surface area contributed by atoms with Crippen LogP contribution < -0.4 is 5.32 Å². The van der Waals surface area contributed by atoms with Gasteiger partial charge >= 0.3 is 0 Å². The monoisotopic (exact) mass is 213 g/mol. The van der Waals surface area contributed by atoms with Crippen molar-refractivity contribution in [1.29, 1.82) is 0 Å². The molecule has 2 rings (SSSR count). The quantitative estimate of drug-likeness (QED) is 0.711. The fraction of sp³-hybridized carbons (Fsp3) is 0.333. The SMILES string of the molecule is C(/C=C\NCc1ccccc1)=C/CC1CC1. The van der Waals surface area contributed by atoms with Crippen molar-refractivity contribution < 1.29 is 0 Å². The second kappa shape index (κ2) is 6.16. The molecule has 0 unspecified atom stereocenters. The average molecular weight is 213 g/mol. The fourth-order valence-electron chi connectivity index (χ4n) is 1.60. The third-order valence-corrected chi connectivity index (χ3v) is 2.78. The Morgan fingerprint density at radius 3 is 2.69 bits per heavy atom. The summed E-state index contributed by atoms with van der Waals surface area (Å²) in [5, 5.41) is 3.27. The van der Waals surface area contributed by atoms with Gasteiger partial charge in [-0.05, 0) is 43.0 Å². The lowest BCUT2D eigenvalue weighted by atomic mass is 10.2. The molecule has 0 amide bonds. The Labute approximate surface area is 97.9 Å². The van der Waals surface area contributed by atoms with E-state index in [0.717, 1.165) is 12.5 Å². The first-order chi connectivity index (χ1) is 7.95. The Balaban J connectivity index is 1.59. The molecule has 1 aromatic rings. The van der Waals surface area contributed by atoms with Crippen LogP contribution in [-0.2, 0) is 6.54 Å². The molecule has 0 saturated heterocycles. The van der Waals surface area contributed by atoms with E-state index in [-0.39, 0.29) is 0 Å². The molecule has 1 heteroatoms. The third-order valence-electron chi connectivity index (χ3n) is 2.78. The van der Waals surface area contributed by atoms with Gasteiger partial charge in [-0.1, -0.05) is 42.5 Å². The maximum Gasteiger partial charge on any atom is 0.0395 e. The topological polar surface area (TPSA) is 12.0 Å². The molecule has 0 aromatic heterocycles. The molecule has 1 nitrogen and oxygen atoms in total. The predicted octanol–water partition coefficient (Wildman–Crippen LogP) is 3.65. The molecule has 1 saturated carbocycles. The average Bonchev–Trinajstić information content (AvgIpc) is 3.13. The Hall–Kier alpha value is -1.50. The van der Waals surface area contributed by atoms with Gasteiger partial charge in [-0.3, -0.25) is 0 Å². The lowest BCUT2D eigenvalue weighted by Gasteiger charge is -1.99. The number of rotatable bonds is 6. The number of allylic oxidation sites excluding steroid dienone is 3. The summed E-state index contributed by atoms with van der Waals surface area (Å²) < 4.78 is 0. The Kier molecular flexibility index (Phi) is 4.24. The second-order valence-corrected chi connectivity index (χ2v) is 4.33. The molecule has 1 fully saturated rings. The molecule has 16 heavy (non-hydrogen) atoms. The molecule has 0 aliphatic heterocycles. The van der Waals surface area contributed by atoms with Crippen molar-refractivity contribution in [3.05, 3.63) is 60.3 Å². The highest BCUT2D eigenvalue weighted by molar-refractivity contribution is 5.14. The van der Waals surface area contributed by atoms with Crippen molar-refractivity contribution >= 4 is 0 Å². The van der Waals surface area contributed by atoms with E-state index in [2.05, 4.69) is 47.8 Å². The molecule has 1 aliphatic rings. The first kappa shape index (κ1) is 11.0. The lowest BCUT2D eigenvalue weighted by molar-refractivity contribution is 0.860. The Bertz CT molecular complexity index is 347. The fourth-order valence-corrected chi connectivity index (χ4v) is 1.60. The summed E-state index contributed by atoms with van der Waals surface area (Å²) in [6, 6.07) is 10.4. The molecule has 0 atom stereocenters. The highest BCUT2D eigenvalue weighted by atomic mass is 14.8. The summed E-state index contributed by atoms with van der Waals surface area (Å²) >= 11 is 0. The van der Waals surface area contributed by atoms with E-state index in [9.17, 15) is 0 Å². The van der Waals surface area contributed by atoms with Crippen LogP contribution in [0.3, 0.4) is 0 Å². The number of hydrogen-bond acceptors (Lipinski definition) is 1. The van der Waals surface area contributed by atoms with Crippen LogP contribution in [0.5, 0.6) is 0 Å². The summed E-state index contributed by atoms with van der Waals surface area (Å²) in [6.45, 7) is 0.897. The molecule has 1 aromatic carbocycles. The molecular weight excluding hydrogens is 194 g/mol. The first-order valence-electron chi connectivity index (χ1n) is 6.04. The zero-order valence-corrected chi connectivity index (χ0v) is 9.60. The zero-order valence-electron chi connectivity index (χ0n) is 9.60. The van der Waals surface area contributed by atoms with Crippen molar-refractivity contribution in [2.75, 3.05) is 0 Å². The molecule has 0 bridgehead atoms. The maximum atomic E-state index is 3.27. The van der Waals surface area contributed by atoms with Gasteiger partial charge in [0.1, 0.15) is 0 Å². The van der Waals surface area contributed by atoms with Gasteiger partial charge in [0.15, 0.2) is 0 Å². The van der Waals surface area contributed by atoms with Gasteiger partial charge in [0.05, 0.1) is 0 Å². The maximum absolute atomic E-state index is 3.27. The van der Waals surface area contributed by atoms with Crippen LogP contribution in [0.4, 0.5) is 0 Å². The minimum absolute atomic E-state index is 0.897. The van der Waals surface area contributed by atoms with Crippen LogP contribution in [0.2, 0.25) is 0 Å². The van der Waals surface area contributed by atoms with Crippen LogP contribution in [0, 0.1) is 5.92 Å². The van der Waals surface area contributed by atoms with Gasteiger partial charge < -0.3 is 5.32 Å². The van der Waals surface area contributed by atoms with Crippen LogP contribution in [0.25, 0.3) is 0 Å². The lowest BCUT2D eigenvalue weighted by Crippen LogP contribution is -2.03. The Morgan fingerprint density at radius 2 is 1.94 bits per heavy atom. The second-order valence-electron chi connectivity index (χ2n) is 4.33.